The number of nitrogens with two attached hydrogens (primary N) is 1. The maximum Gasteiger partial charge on any atom is 0.411 e. The molecule has 98 valence electrons. The second-order valence-corrected chi connectivity index (χ2v) is 2.41. The van der Waals surface area contributed by atoms with Crippen LogP contribution in [0.1, 0.15) is 0 Å². The summed E-state index contributed by atoms with van der Waals surface area (Å²) in [5.41, 5.74) is 4.58. The van der Waals surface area contributed by atoms with Gasteiger partial charge in [-0.15, -0.1) is 0 Å². The van der Waals surface area contributed by atoms with E-state index in [1.54, 1.807) is 5.32 Å². The van der Waals surface area contributed by atoms with Gasteiger partial charge in [0.2, 0.25) is 0 Å². The maximum atomic E-state index is 9.77. The first-order valence-electron chi connectivity index (χ1n) is 3.75. The number of hydrogen-bond donors (Lipinski definition) is 8. The van der Waals surface area contributed by atoms with Gasteiger partial charge in [-0.2, -0.15) is 0 Å². The van der Waals surface area contributed by atoms with E-state index in [4.69, 9.17) is 30.9 Å². The number of carboxylic acid groups (broad SMARTS) is 3. The lowest BCUT2D eigenvalue weighted by atomic mass is 10.2. The normalized spacial score (nSPS) is 12.4. The highest BCUT2D eigenvalue weighted by Gasteiger charge is 2.29. The number of aliphatic hydroxyl groups is 2. The highest BCUT2D eigenvalue weighted by atomic mass is 16.4. The Hall–Kier alpha value is -2.40. The number of nitrogens with one attached hydrogen (secondary N) is 2. The fourth-order valence-corrected chi connectivity index (χ4v) is 0.385. The molecule has 17 heavy (non-hydrogen) atoms. The van der Waals surface area contributed by atoms with Crippen molar-refractivity contribution in [1.82, 2.24) is 5.32 Å². The zero-order chi connectivity index (χ0) is 14.2. The fraction of sp³-hybridized carbons (Fsp3) is 0.333. The number of hydrogen-bond acceptors (Lipinski definition) is 6. The minimum absolute atomic E-state index is 0.562. The molecule has 0 aliphatic rings. The molecule has 11 heteroatoms. The van der Waals surface area contributed by atoms with Crippen LogP contribution in [0.3, 0.4) is 0 Å². The Morgan fingerprint density at radius 2 is 1.29 bits per heavy atom. The third kappa shape index (κ3) is 9.89. The first-order valence-corrected chi connectivity index (χ1v) is 3.75. The van der Waals surface area contributed by atoms with E-state index in [9.17, 15) is 14.4 Å². The molecule has 0 radical (unpaired) electrons. The molecule has 0 heterocycles. The smallest absolute Gasteiger partial charge is 0.411 e. The molecule has 0 fully saturated rings. The van der Waals surface area contributed by atoms with E-state index in [1.807, 2.05) is 0 Å². The number of carboxylic acids is 2. The first kappa shape index (κ1) is 17.0. The minimum atomic E-state index is -2.27. The zero-order valence-electron chi connectivity index (χ0n) is 8.19. The lowest BCUT2D eigenvalue weighted by Crippen LogP contribution is -2.39. The van der Waals surface area contributed by atoms with E-state index in [0.717, 1.165) is 0 Å². The molecule has 0 rings (SSSR count). The van der Waals surface area contributed by atoms with Gasteiger partial charge in [-0.1, -0.05) is 0 Å². The Bertz CT molecular complexity index is 286. The van der Waals surface area contributed by atoms with Crippen LogP contribution in [-0.2, 0) is 9.59 Å². The van der Waals surface area contributed by atoms with Crippen LogP contribution in [0.15, 0.2) is 0 Å². The van der Waals surface area contributed by atoms with Crippen molar-refractivity contribution in [2.45, 2.75) is 12.2 Å². The van der Waals surface area contributed by atoms with E-state index in [-0.39, 0.29) is 0 Å². The van der Waals surface area contributed by atoms with Gasteiger partial charge in [0.1, 0.15) is 0 Å². The number of guanidine groups is 1. The van der Waals surface area contributed by atoms with Crippen LogP contribution in [0.25, 0.3) is 0 Å². The van der Waals surface area contributed by atoms with Crippen LogP contribution in [-0.4, -0.2) is 61.7 Å². The van der Waals surface area contributed by atoms with Gasteiger partial charge >= 0.3 is 18.0 Å². The molecule has 11 nitrogen and oxygen atoms in total. The van der Waals surface area contributed by atoms with E-state index >= 15 is 0 Å². The summed E-state index contributed by atoms with van der Waals surface area (Å²) < 4.78 is 0. The lowest BCUT2D eigenvalue weighted by molar-refractivity contribution is -0.165. The SMILES string of the molecule is N=C(N)NC(=O)O.O=C(O)C(O)C(O)C(=O)O. The second kappa shape index (κ2) is 7.84. The molecular weight excluding hydrogens is 242 g/mol. The standard InChI is InChI=1S/C4H6O6.C2H5N3O2/c5-1(3(7)8)2(6)4(9)10;3-1(4)5-2(6)7/h1-2,5-6H,(H,7,8)(H,9,10);(H,6,7)(H4,3,4,5). The molecule has 0 aliphatic carbocycles. The quantitative estimate of drug-likeness (QED) is 0.190. The monoisotopic (exact) mass is 253 g/mol. The van der Waals surface area contributed by atoms with Crippen LogP contribution in [0.2, 0.25) is 0 Å². The average Bonchev–Trinajstić information content (AvgIpc) is 2.13. The van der Waals surface area contributed by atoms with Gasteiger partial charge in [0.05, 0.1) is 0 Å². The highest BCUT2D eigenvalue weighted by Crippen LogP contribution is 1.92. The summed E-state index contributed by atoms with van der Waals surface area (Å²) in [4.78, 5) is 29.0. The van der Waals surface area contributed by atoms with Crippen molar-refractivity contribution in [2.75, 3.05) is 0 Å². The van der Waals surface area contributed by atoms with E-state index < -0.39 is 36.2 Å². The molecule has 0 saturated heterocycles. The molecule has 2 atom stereocenters. The Kier molecular flexibility index (Phi) is 7.84. The van der Waals surface area contributed by atoms with Crippen LogP contribution < -0.4 is 11.1 Å². The van der Waals surface area contributed by atoms with Crippen molar-refractivity contribution in [3.05, 3.63) is 0 Å². The van der Waals surface area contributed by atoms with E-state index in [1.165, 1.54) is 0 Å². The van der Waals surface area contributed by atoms with Crippen LogP contribution >= 0.6 is 0 Å². The highest BCUT2D eigenvalue weighted by molar-refractivity contribution is 5.89. The molecule has 0 aliphatic heterocycles. The predicted molar refractivity (Wildman–Crippen MR) is 50.4 cm³/mol. The number of amides is 1. The molecule has 1 amide bonds. The third-order valence-electron chi connectivity index (χ3n) is 1.05. The molecule has 0 aromatic rings. The van der Waals surface area contributed by atoms with Gasteiger partial charge in [-0.25, -0.2) is 14.4 Å². The second-order valence-electron chi connectivity index (χ2n) is 2.41. The number of aliphatic carboxylic acids is 2. The van der Waals surface area contributed by atoms with Gasteiger partial charge in [0.25, 0.3) is 0 Å². The Morgan fingerprint density at radius 3 is 1.35 bits per heavy atom. The molecule has 0 bridgehead atoms. The van der Waals surface area contributed by atoms with Gasteiger partial charge < -0.3 is 31.3 Å². The summed E-state index contributed by atoms with van der Waals surface area (Å²) >= 11 is 0. The summed E-state index contributed by atoms with van der Waals surface area (Å²) in [6.07, 6.45) is -5.84. The van der Waals surface area contributed by atoms with Crippen LogP contribution in [0.4, 0.5) is 4.79 Å². The number of rotatable bonds is 3. The van der Waals surface area contributed by atoms with Crippen molar-refractivity contribution in [1.29, 1.82) is 5.41 Å². The van der Waals surface area contributed by atoms with Gasteiger partial charge in [0.15, 0.2) is 18.2 Å². The van der Waals surface area contributed by atoms with Crippen molar-refractivity contribution in [2.24, 2.45) is 5.73 Å². The lowest BCUT2D eigenvalue weighted by Gasteiger charge is -2.07. The number of aliphatic hydroxyl groups excluding tert-OH is 2. The average molecular weight is 253 g/mol. The largest absolute Gasteiger partial charge is 0.479 e. The van der Waals surface area contributed by atoms with Crippen LogP contribution in [0.5, 0.6) is 0 Å². The Labute approximate surface area is 93.6 Å². The minimum Gasteiger partial charge on any atom is -0.479 e. The molecule has 0 aromatic heterocycles. The topological polar surface area (TPSA) is 214 Å². The van der Waals surface area contributed by atoms with Crippen molar-refractivity contribution < 1.29 is 39.9 Å². The van der Waals surface area contributed by atoms with Crippen LogP contribution in [0, 0.1) is 5.41 Å². The van der Waals surface area contributed by atoms with E-state index in [2.05, 4.69) is 5.73 Å². The van der Waals surface area contributed by atoms with E-state index in [0.29, 0.717) is 0 Å². The third-order valence-corrected chi connectivity index (χ3v) is 1.05. The maximum absolute atomic E-state index is 9.77. The number of carbonyl (C=O) groups is 3. The molecule has 2 unspecified atom stereocenters. The van der Waals surface area contributed by atoms with Crippen molar-refractivity contribution in [3.63, 3.8) is 0 Å². The molecule has 0 saturated carbocycles. The Balaban J connectivity index is 0. The Morgan fingerprint density at radius 1 is 1.00 bits per heavy atom. The fourth-order valence-electron chi connectivity index (χ4n) is 0.385. The molecular formula is C6H11N3O8. The van der Waals surface area contributed by atoms with Gasteiger partial charge in [-0.05, 0) is 0 Å². The summed E-state index contributed by atoms with van der Waals surface area (Å²) in [7, 11) is 0. The van der Waals surface area contributed by atoms with Crippen molar-refractivity contribution >= 4 is 24.0 Å². The molecule has 0 spiro atoms. The van der Waals surface area contributed by atoms with Crippen molar-refractivity contribution in [3.8, 4) is 0 Å². The summed E-state index contributed by atoms with van der Waals surface area (Å²) in [5.74, 6) is -4.10. The summed E-state index contributed by atoms with van der Waals surface area (Å²) in [5, 5.41) is 48.2. The summed E-state index contributed by atoms with van der Waals surface area (Å²) in [6.45, 7) is 0. The molecule has 0 aromatic carbocycles. The molecule has 9 N–H and O–H groups in total. The predicted octanol–water partition coefficient (Wildman–Crippen LogP) is -2.98. The first-order chi connectivity index (χ1) is 7.59. The summed E-state index contributed by atoms with van der Waals surface area (Å²) in [6, 6.07) is 0. The zero-order valence-corrected chi connectivity index (χ0v) is 8.19. The van der Waals surface area contributed by atoms with Gasteiger partial charge in [0, 0.05) is 0 Å². The van der Waals surface area contributed by atoms with Gasteiger partial charge in [-0.3, -0.25) is 10.7 Å².